The van der Waals surface area contributed by atoms with Gasteiger partial charge < -0.3 is 10.1 Å². The Labute approximate surface area is 193 Å². The number of aryl methyl sites for hydroxylation is 2. The summed E-state index contributed by atoms with van der Waals surface area (Å²) in [5.74, 6) is 0. The lowest BCUT2D eigenvalue weighted by atomic mass is 10.0. The molecule has 11 heteroatoms. The Morgan fingerprint density at radius 2 is 1.82 bits per heavy atom. The molecule has 3 rings (SSSR count). The molecule has 0 fully saturated rings. The van der Waals surface area contributed by atoms with E-state index in [2.05, 4.69) is 4.98 Å². The van der Waals surface area contributed by atoms with Gasteiger partial charge in [0.05, 0.1) is 21.0 Å². The molecule has 3 aromatic rings. The van der Waals surface area contributed by atoms with Crippen LogP contribution in [0.15, 0.2) is 46.1 Å². The number of alkyl halides is 3. The summed E-state index contributed by atoms with van der Waals surface area (Å²) in [6.45, 7) is 2.82. The first-order valence-corrected chi connectivity index (χ1v) is 11.8. The zero-order valence-corrected chi connectivity index (χ0v) is 19.4. The Balaban J connectivity index is 2.07. The normalized spacial score (nSPS) is 12.6. The van der Waals surface area contributed by atoms with Crippen LogP contribution in [0.3, 0.4) is 0 Å². The molecule has 2 aromatic carbocycles. The molecule has 0 aliphatic rings. The molecule has 0 aliphatic heterocycles. The number of pyridine rings is 1. The molecular formula is C22H22ClF3N2O4S. The van der Waals surface area contributed by atoms with Gasteiger partial charge in [-0.15, -0.1) is 0 Å². The maximum Gasteiger partial charge on any atom is 0.417 e. The number of nitrogens with one attached hydrogen (secondary N) is 1. The highest BCUT2D eigenvalue weighted by molar-refractivity contribution is 7.89. The second-order valence-corrected chi connectivity index (χ2v) is 10.00. The number of aromatic amines is 1. The highest BCUT2D eigenvalue weighted by Crippen LogP contribution is 2.36. The third-order valence-electron chi connectivity index (χ3n) is 5.42. The number of benzene rings is 2. The van der Waals surface area contributed by atoms with Crippen LogP contribution in [0, 0.1) is 13.8 Å². The highest BCUT2D eigenvalue weighted by Gasteiger charge is 2.35. The number of halogens is 4. The molecule has 6 nitrogen and oxygen atoms in total. The predicted octanol–water partition coefficient (Wildman–Crippen LogP) is 4.39. The molecule has 2 N–H and O–H groups in total. The maximum atomic E-state index is 13.3. The van der Waals surface area contributed by atoms with E-state index in [4.69, 9.17) is 11.6 Å². The lowest BCUT2D eigenvalue weighted by molar-refractivity contribution is -0.137. The number of hydrogen-bond acceptors (Lipinski definition) is 4. The van der Waals surface area contributed by atoms with E-state index < -0.39 is 37.2 Å². The van der Waals surface area contributed by atoms with Gasteiger partial charge in [0, 0.05) is 25.3 Å². The Hall–Kier alpha value is -2.40. The van der Waals surface area contributed by atoms with Gasteiger partial charge in [-0.2, -0.15) is 17.5 Å². The molecule has 0 bridgehead atoms. The molecule has 1 aromatic heterocycles. The number of fused-ring (bicyclic) bond motifs is 1. The van der Waals surface area contributed by atoms with Gasteiger partial charge in [0.15, 0.2) is 0 Å². The summed E-state index contributed by atoms with van der Waals surface area (Å²) in [5.41, 5.74) is 0.815. The predicted molar refractivity (Wildman–Crippen MR) is 120 cm³/mol. The molecular weight excluding hydrogens is 481 g/mol. The Kier molecular flexibility index (Phi) is 7.23. The first-order chi connectivity index (χ1) is 15.4. The van der Waals surface area contributed by atoms with Gasteiger partial charge in [0.1, 0.15) is 0 Å². The second kappa shape index (κ2) is 9.46. The summed E-state index contributed by atoms with van der Waals surface area (Å²) < 4.78 is 67.1. The molecule has 178 valence electrons. The molecule has 0 aliphatic carbocycles. The first kappa shape index (κ1) is 25.2. The molecule has 0 atom stereocenters. The van der Waals surface area contributed by atoms with Crippen LogP contribution in [0.2, 0.25) is 5.02 Å². The van der Waals surface area contributed by atoms with Crippen molar-refractivity contribution in [1.29, 1.82) is 0 Å². The molecule has 0 spiro atoms. The van der Waals surface area contributed by atoms with E-state index in [1.807, 2.05) is 19.9 Å². The van der Waals surface area contributed by atoms with E-state index in [0.717, 1.165) is 27.6 Å². The number of nitrogens with zero attached hydrogens (tertiary/aromatic N) is 1. The van der Waals surface area contributed by atoms with Crippen molar-refractivity contribution in [2.75, 3.05) is 13.2 Å². The van der Waals surface area contributed by atoms with Gasteiger partial charge in [0.2, 0.25) is 10.0 Å². The van der Waals surface area contributed by atoms with E-state index in [1.54, 1.807) is 12.1 Å². The zero-order chi connectivity index (χ0) is 24.6. The van der Waals surface area contributed by atoms with Crippen LogP contribution in [0.4, 0.5) is 13.2 Å². The fourth-order valence-corrected chi connectivity index (χ4v) is 5.15. The van der Waals surface area contributed by atoms with Crippen LogP contribution in [0.1, 0.15) is 28.7 Å². The monoisotopic (exact) mass is 502 g/mol. The van der Waals surface area contributed by atoms with Crippen molar-refractivity contribution in [3.05, 3.63) is 74.0 Å². The van der Waals surface area contributed by atoms with Crippen molar-refractivity contribution in [2.45, 2.75) is 37.9 Å². The van der Waals surface area contributed by atoms with Crippen molar-refractivity contribution in [1.82, 2.24) is 9.29 Å². The summed E-state index contributed by atoms with van der Waals surface area (Å²) in [6, 6.07) is 7.54. The summed E-state index contributed by atoms with van der Waals surface area (Å²) >= 11 is 5.62. The third kappa shape index (κ3) is 5.24. The highest BCUT2D eigenvalue weighted by atomic mass is 35.5. The maximum absolute atomic E-state index is 13.3. The van der Waals surface area contributed by atoms with Crippen molar-refractivity contribution in [3.63, 3.8) is 0 Å². The van der Waals surface area contributed by atoms with Gasteiger partial charge in [-0.3, -0.25) is 4.79 Å². The van der Waals surface area contributed by atoms with E-state index in [9.17, 15) is 31.5 Å². The van der Waals surface area contributed by atoms with Crippen LogP contribution in [0.25, 0.3) is 10.9 Å². The number of hydrogen-bond donors (Lipinski definition) is 2. The minimum atomic E-state index is -4.84. The minimum Gasteiger partial charge on any atom is -0.396 e. The van der Waals surface area contributed by atoms with Crippen LogP contribution in [-0.2, 0) is 22.7 Å². The van der Waals surface area contributed by atoms with E-state index in [0.29, 0.717) is 17.0 Å². The number of H-pyrrole nitrogens is 1. The first-order valence-electron chi connectivity index (χ1n) is 9.96. The van der Waals surface area contributed by atoms with E-state index in [-0.39, 0.29) is 31.7 Å². The minimum absolute atomic E-state index is 0.0305. The summed E-state index contributed by atoms with van der Waals surface area (Å²) in [5, 5.41) is 9.27. The summed E-state index contributed by atoms with van der Waals surface area (Å²) in [6.07, 6.45) is -4.81. The number of sulfonamides is 1. The lowest BCUT2D eigenvalue weighted by Crippen LogP contribution is -2.34. The van der Waals surface area contributed by atoms with Gasteiger partial charge in [0.25, 0.3) is 5.56 Å². The number of aliphatic hydroxyl groups is 1. The fourth-order valence-electron chi connectivity index (χ4n) is 3.44. The van der Waals surface area contributed by atoms with Crippen molar-refractivity contribution >= 4 is 32.5 Å². The van der Waals surface area contributed by atoms with Crippen molar-refractivity contribution in [3.8, 4) is 0 Å². The zero-order valence-electron chi connectivity index (χ0n) is 17.8. The van der Waals surface area contributed by atoms with E-state index in [1.165, 1.54) is 0 Å². The largest absolute Gasteiger partial charge is 0.417 e. The Bertz CT molecular complexity index is 1350. The Morgan fingerprint density at radius 1 is 1.12 bits per heavy atom. The van der Waals surface area contributed by atoms with Gasteiger partial charge in [-0.05, 0) is 61.0 Å². The fraction of sp³-hybridized carbons (Fsp3) is 0.318. The average molecular weight is 503 g/mol. The van der Waals surface area contributed by atoms with Crippen LogP contribution in [-0.4, -0.2) is 36.0 Å². The second-order valence-electron chi connectivity index (χ2n) is 7.65. The standard InChI is InChI=1S/C22H22ClF3N2O4S/c1-13-4-5-15-10-16(21(30)27-20(15)14(13)2)12-28(8-3-9-29)33(31,32)17-6-7-19(23)18(11-17)22(24,25)26/h4-7,10-11,29H,3,8-9,12H2,1-2H3,(H,27,30). The molecule has 0 saturated carbocycles. The van der Waals surface area contributed by atoms with Gasteiger partial charge >= 0.3 is 6.18 Å². The van der Waals surface area contributed by atoms with Crippen LogP contribution < -0.4 is 5.56 Å². The molecule has 1 heterocycles. The Morgan fingerprint density at radius 3 is 2.45 bits per heavy atom. The van der Waals surface area contributed by atoms with Crippen molar-refractivity contribution < 1.29 is 26.7 Å². The van der Waals surface area contributed by atoms with Crippen molar-refractivity contribution in [2.24, 2.45) is 0 Å². The lowest BCUT2D eigenvalue weighted by Gasteiger charge is -2.23. The number of aromatic nitrogens is 1. The number of aliphatic hydroxyl groups excluding tert-OH is 1. The average Bonchev–Trinajstić information content (AvgIpc) is 2.74. The molecule has 33 heavy (non-hydrogen) atoms. The molecule has 0 unspecified atom stereocenters. The quantitative estimate of drug-likeness (QED) is 0.501. The smallest absolute Gasteiger partial charge is 0.396 e. The van der Waals surface area contributed by atoms with Gasteiger partial charge in [-0.1, -0.05) is 23.7 Å². The number of rotatable bonds is 7. The molecule has 0 radical (unpaired) electrons. The van der Waals surface area contributed by atoms with Crippen LogP contribution >= 0.6 is 11.6 Å². The third-order valence-corrected chi connectivity index (χ3v) is 7.59. The molecule has 0 amide bonds. The van der Waals surface area contributed by atoms with E-state index >= 15 is 0 Å². The SMILES string of the molecule is Cc1ccc2cc(CN(CCCO)S(=O)(=O)c3ccc(Cl)c(C(F)(F)F)c3)c(=O)[nH]c2c1C. The van der Waals surface area contributed by atoms with Gasteiger partial charge in [-0.25, -0.2) is 8.42 Å². The molecule has 0 saturated heterocycles. The summed E-state index contributed by atoms with van der Waals surface area (Å²) in [7, 11) is -4.45. The topological polar surface area (TPSA) is 90.5 Å². The summed E-state index contributed by atoms with van der Waals surface area (Å²) in [4.78, 5) is 14.9. The van der Waals surface area contributed by atoms with Crippen LogP contribution in [0.5, 0.6) is 0 Å².